The third kappa shape index (κ3) is 5.45. The molecule has 3 aliphatic rings. The molecule has 6 rings (SSSR count). The van der Waals surface area contributed by atoms with Crippen molar-refractivity contribution >= 4 is 44.7 Å². The lowest BCUT2D eigenvalue weighted by molar-refractivity contribution is -0.121. The quantitative estimate of drug-likeness (QED) is 0.378. The summed E-state index contributed by atoms with van der Waals surface area (Å²) in [6, 6.07) is 14.5. The van der Waals surface area contributed by atoms with Crippen molar-refractivity contribution in [3.05, 3.63) is 59.6 Å². The summed E-state index contributed by atoms with van der Waals surface area (Å²) in [6.45, 7) is 2.79. The molecule has 42 heavy (non-hydrogen) atoms. The Bertz CT molecular complexity index is 1550. The van der Waals surface area contributed by atoms with Gasteiger partial charge in [0, 0.05) is 30.2 Å². The van der Waals surface area contributed by atoms with Crippen LogP contribution in [0.1, 0.15) is 61.5 Å². The number of piperazine rings is 1. The van der Waals surface area contributed by atoms with Crippen molar-refractivity contribution in [3.8, 4) is 10.4 Å². The topological polar surface area (TPSA) is 111 Å². The monoisotopic (exact) mass is 608 g/mol. The van der Waals surface area contributed by atoms with Crippen molar-refractivity contribution in [2.24, 2.45) is 5.92 Å². The van der Waals surface area contributed by atoms with Gasteiger partial charge in [0.05, 0.1) is 18.3 Å². The number of aromatic carboxylic acids is 1. The number of carboxylic acids is 1. The van der Waals surface area contributed by atoms with E-state index in [0.717, 1.165) is 79.1 Å². The van der Waals surface area contributed by atoms with Crippen LogP contribution in [0.5, 0.6) is 0 Å². The first-order valence-corrected chi connectivity index (χ1v) is 17.0. The van der Waals surface area contributed by atoms with Gasteiger partial charge in [-0.15, -0.1) is 11.3 Å². The van der Waals surface area contributed by atoms with Crippen LogP contribution in [0.4, 0.5) is 11.5 Å². The van der Waals surface area contributed by atoms with Crippen molar-refractivity contribution in [1.29, 1.82) is 0 Å². The van der Waals surface area contributed by atoms with Crippen LogP contribution in [0.25, 0.3) is 10.4 Å². The molecule has 2 aromatic heterocycles. The maximum atomic E-state index is 13.9. The highest BCUT2D eigenvalue weighted by Gasteiger charge is 2.44. The van der Waals surface area contributed by atoms with E-state index in [1.165, 1.54) is 10.5 Å². The largest absolute Gasteiger partial charge is 0.477 e. The van der Waals surface area contributed by atoms with Crippen LogP contribution < -0.4 is 9.80 Å². The van der Waals surface area contributed by atoms with Gasteiger partial charge >= 0.3 is 5.97 Å². The number of amides is 1. The van der Waals surface area contributed by atoms with Gasteiger partial charge in [-0.3, -0.25) is 4.79 Å². The van der Waals surface area contributed by atoms with Crippen LogP contribution in [-0.2, 0) is 14.8 Å². The zero-order valence-electron chi connectivity index (χ0n) is 23.7. The summed E-state index contributed by atoms with van der Waals surface area (Å²) in [6.07, 6.45) is 8.40. The summed E-state index contributed by atoms with van der Waals surface area (Å²) >= 11 is 1.14. The number of carbonyl (C=O) groups excluding carboxylic acids is 1. The number of hydrogen-bond donors (Lipinski definition) is 1. The molecule has 1 amide bonds. The molecule has 1 N–H and O–H groups in total. The second-order valence-corrected chi connectivity index (χ2v) is 14.5. The van der Waals surface area contributed by atoms with Crippen LogP contribution in [0.2, 0.25) is 0 Å². The molecule has 3 fully saturated rings. The van der Waals surface area contributed by atoms with E-state index in [-0.39, 0.29) is 28.8 Å². The van der Waals surface area contributed by atoms with E-state index in [1.54, 1.807) is 23.1 Å². The Labute approximate surface area is 250 Å². The van der Waals surface area contributed by atoms with Crippen LogP contribution in [0, 0.1) is 5.92 Å². The molecule has 0 bridgehead atoms. The van der Waals surface area contributed by atoms with E-state index in [9.17, 15) is 23.1 Å². The molecule has 3 aromatic rings. The number of anilines is 2. The maximum absolute atomic E-state index is 13.9. The summed E-state index contributed by atoms with van der Waals surface area (Å²) in [5, 5.41) is 10.1. The number of hydrogen-bond acceptors (Lipinski definition) is 7. The predicted molar refractivity (Wildman–Crippen MR) is 164 cm³/mol. The van der Waals surface area contributed by atoms with Crippen molar-refractivity contribution in [3.63, 3.8) is 0 Å². The van der Waals surface area contributed by atoms with E-state index < -0.39 is 27.9 Å². The third-order valence-electron chi connectivity index (χ3n) is 8.93. The second kappa shape index (κ2) is 11.8. The Hall–Kier alpha value is -3.28. The van der Waals surface area contributed by atoms with Crippen molar-refractivity contribution in [2.75, 3.05) is 29.4 Å². The van der Waals surface area contributed by atoms with E-state index >= 15 is 0 Å². The molecular formula is C31H36N4O5S2. The zero-order valence-corrected chi connectivity index (χ0v) is 25.3. The maximum Gasteiger partial charge on any atom is 0.348 e. The number of benzene rings is 1. The minimum Gasteiger partial charge on any atom is -0.477 e. The van der Waals surface area contributed by atoms with Gasteiger partial charge in [-0.25, -0.2) is 18.2 Å². The number of nitrogens with zero attached hydrogens (tertiary/aromatic N) is 4. The minimum atomic E-state index is -4.00. The van der Waals surface area contributed by atoms with E-state index in [4.69, 9.17) is 0 Å². The standard InChI is InChI=1S/C31H36N4O5S2/c1-21-9-8-16-34(21)28-15-14-24(18-32-28)42(39,40)33-19-26(22-10-4-2-5-11-22)35(29(36)20-33)25-17-27(41-30(25)31(37)38)23-12-6-3-7-13-23/h3,6-7,12-15,17-18,21-22,26H,2,4-5,8-11,16,19-20H2,1H3,(H,37,38)/t21-,26+/m1/s1. The van der Waals surface area contributed by atoms with E-state index in [2.05, 4.69) is 16.8 Å². The van der Waals surface area contributed by atoms with Gasteiger partial charge in [-0.1, -0.05) is 49.6 Å². The highest BCUT2D eigenvalue weighted by Crippen LogP contribution is 2.42. The van der Waals surface area contributed by atoms with Crippen LogP contribution in [-0.4, -0.2) is 66.4 Å². The van der Waals surface area contributed by atoms with Crippen molar-refractivity contribution in [2.45, 2.75) is 68.8 Å². The van der Waals surface area contributed by atoms with Gasteiger partial charge in [-0.2, -0.15) is 4.31 Å². The molecule has 4 heterocycles. The Morgan fingerprint density at radius 2 is 1.79 bits per heavy atom. The molecule has 1 saturated carbocycles. The van der Waals surface area contributed by atoms with Gasteiger partial charge in [0.15, 0.2) is 0 Å². The molecule has 0 unspecified atom stereocenters. The Kier molecular flexibility index (Phi) is 8.08. The number of carboxylic acid groups (broad SMARTS) is 1. The lowest BCUT2D eigenvalue weighted by atomic mass is 9.82. The Morgan fingerprint density at radius 1 is 1.02 bits per heavy atom. The molecule has 0 spiro atoms. The average molecular weight is 609 g/mol. The highest BCUT2D eigenvalue weighted by molar-refractivity contribution is 7.89. The first kappa shape index (κ1) is 28.8. The molecule has 1 aliphatic carbocycles. The predicted octanol–water partition coefficient (Wildman–Crippen LogP) is 5.48. The van der Waals surface area contributed by atoms with Gasteiger partial charge < -0.3 is 14.9 Å². The first-order chi connectivity index (χ1) is 20.2. The molecule has 2 saturated heterocycles. The van der Waals surface area contributed by atoms with Crippen LogP contribution >= 0.6 is 11.3 Å². The van der Waals surface area contributed by atoms with Gasteiger partial charge in [0.2, 0.25) is 15.9 Å². The number of pyridine rings is 1. The number of aromatic nitrogens is 1. The fourth-order valence-corrected chi connectivity index (χ4v) is 9.06. The van der Waals surface area contributed by atoms with Crippen molar-refractivity contribution in [1.82, 2.24) is 9.29 Å². The van der Waals surface area contributed by atoms with Crippen LogP contribution in [0.3, 0.4) is 0 Å². The zero-order chi connectivity index (χ0) is 29.4. The molecule has 0 radical (unpaired) electrons. The Morgan fingerprint density at radius 3 is 2.43 bits per heavy atom. The Balaban J connectivity index is 1.33. The number of carbonyl (C=O) groups is 2. The molecule has 2 aliphatic heterocycles. The average Bonchev–Trinajstić information content (AvgIpc) is 3.64. The molecule has 222 valence electrons. The van der Waals surface area contributed by atoms with E-state index in [0.29, 0.717) is 11.7 Å². The summed E-state index contributed by atoms with van der Waals surface area (Å²) in [4.78, 5) is 35.5. The fourth-order valence-electron chi connectivity index (χ4n) is 6.72. The highest BCUT2D eigenvalue weighted by atomic mass is 32.2. The van der Waals surface area contributed by atoms with Crippen LogP contribution in [0.15, 0.2) is 59.6 Å². The lowest BCUT2D eigenvalue weighted by Gasteiger charge is -2.44. The summed E-state index contributed by atoms with van der Waals surface area (Å²) in [5.74, 6) is -0.677. The van der Waals surface area contributed by atoms with E-state index in [1.807, 2.05) is 30.3 Å². The normalized spacial score (nSPS) is 22.5. The molecule has 11 heteroatoms. The molecule has 1 aromatic carbocycles. The smallest absolute Gasteiger partial charge is 0.348 e. The van der Waals surface area contributed by atoms with Gasteiger partial charge in [-0.05, 0) is 62.3 Å². The third-order valence-corrected chi connectivity index (χ3v) is 11.9. The van der Waals surface area contributed by atoms with Crippen molar-refractivity contribution < 1.29 is 23.1 Å². The number of thiophene rings is 1. The summed E-state index contributed by atoms with van der Waals surface area (Å²) in [7, 11) is -4.00. The molecule has 9 nitrogen and oxygen atoms in total. The molecular weight excluding hydrogens is 572 g/mol. The second-order valence-electron chi connectivity index (χ2n) is 11.6. The summed E-state index contributed by atoms with van der Waals surface area (Å²) in [5.41, 5.74) is 1.23. The number of sulfonamides is 1. The SMILES string of the molecule is C[C@@H]1CCCN1c1ccc(S(=O)(=O)N2CC(=O)N(c3cc(-c4ccccc4)sc3C(=O)O)[C@H](C3CCCCC3)C2)cn1. The molecule has 2 atom stereocenters. The van der Waals surface area contributed by atoms with Gasteiger partial charge in [0.25, 0.3) is 0 Å². The first-order valence-electron chi connectivity index (χ1n) is 14.7. The lowest BCUT2D eigenvalue weighted by Crippen LogP contribution is -2.60. The number of rotatable bonds is 7. The van der Waals surface area contributed by atoms with Gasteiger partial charge in [0.1, 0.15) is 15.6 Å². The summed E-state index contributed by atoms with van der Waals surface area (Å²) < 4.78 is 29.0. The minimum absolute atomic E-state index is 0.0647. The fraction of sp³-hybridized carbons (Fsp3) is 0.452.